The van der Waals surface area contributed by atoms with Crippen LogP contribution < -0.4 is 10.6 Å². The van der Waals surface area contributed by atoms with Gasteiger partial charge >= 0.3 is 0 Å². The zero-order valence-electron chi connectivity index (χ0n) is 25.6. The molecule has 1 amide bonds. The van der Waals surface area contributed by atoms with Gasteiger partial charge in [-0.05, 0) is 77.9 Å². The number of thiazole rings is 1. The maximum Gasteiger partial charge on any atom is 0.251 e. The molecule has 0 bridgehead atoms. The Morgan fingerprint density at radius 3 is 2.35 bits per heavy atom. The van der Waals surface area contributed by atoms with Crippen LogP contribution >= 0.6 is 11.3 Å². The van der Waals surface area contributed by atoms with Crippen LogP contribution in [0.25, 0.3) is 21.7 Å². The zero-order chi connectivity index (χ0) is 32.6. The van der Waals surface area contributed by atoms with Crippen molar-refractivity contribution >= 4 is 23.0 Å². The Morgan fingerprint density at radius 1 is 0.891 bits per heavy atom. The average molecular weight is 640 g/mol. The van der Waals surface area contributed by atoms with Crippen LogP contribution in [0.2, 0.25) is 0 Å². The first-order valence-electron chi connectivity index (χ1n) is 15.1. The van der Waals surface area contributed by atoms with Crippen LogP contribution in [0.1, 0.15) is 51.3 Å². The number of aliphatic hydroxyl groups is 1. The van der Waals surface area contributed by atoms with Crippen LogP contribution in [0.5, 0.6) is 0 Å². The number of Topliss-reactive ketones (excluding diaryl/α,β-unsaturated/α-hetero) is 1. The number of ketones is 1. The molecule has 5 aromatic rings. The van der Waals surface area contributed by atoms with E-state index in [4.69, 9.17) is 0 Å². The third kappa shape index (κ3) is 8.37. The van der Waals surface area contributed by atoms with Gasteiger partial charge in [0.05, 0.1) is 12.1 Å². The number of hydrogen-bond acceptors (Lipinski definition) is 6. The Balaban J connectivity index is 1.44. The molecule has 0 aliphatic rings. The molecule has 5 rings (SSSR count). The molecule has 6 nitrogen and oxygen atoms in total. The van der Waals surface area contributed by atoms with Crippen molar-refractivity contribution in [3.8, 4) is 21.7 Å². The van der Waals surface area contributed by atoms with Crippen molar-refractivity contribution in [1.29, 1.82) is 0 Å². The van der Waals surface area contributed by atoms with Crippen LogP contribution in [0.3, 0.4) is 0 Å². The summed E-state index contributed by atoms with van der Waals surface area (Å²) in [6.45, 7) is 4.19. The van der Waals surface area contributed by atoms with Crippen LogP contribution in [0.15, 0.2) is 96.5 Å². The summed E-state index contributed by atoms with van der Waals surface area (Å²) in [5, 5.41) is 20.0. The Bertz CT molecular complexity index is 1810. The quantitative estimate of drug-likeness (QED) is 0.121. The van der Waals surface area contributed by atoms with E-state index in [1.165, 1.54) is 36.0 Å². The van der Waals surface area contributed by atoms with E-state index in [0.717, 1.165) is 18.1 Å². The second-order valence-electron chi connectivity index (χ2n) is 11.2. The monoisotopic (exact) mass is 639 g/mol. The fraction of sp³-hybridized carbons (Fsp3) is 0.216. The van der Waals surface area contributed by atoms with Crippen molar-refractivity contribution < 1.29 is 23.5 Å². The molecular formula is C37H35F2N3O3S. The van der Waals surface area contributed by atoms with Crippen molar-refractivity contribution in [2.24, 2.45) is 0 Å². The number of hydrogen-bond donors (Lipinski definition) is 3. The Morgan fingerprint density at radius 2 is 1.63 bits per heavy atom. The third-order valence-corrected chi connectivity index (χ3v) is 8.56. The summed E-state index contributed by atoms with van der Waals surface area (Å²) in [4.78, 5) is 30.8. The predicted molar refractivity (Wildman–Crippen MR) is 178 cm³/mol. The molecular weight excluding hydrogens is 604 g/mol. The number of nitrogens with one attached hydrogen (secondary N) is 2. The van der Waals surface area contributed by atoms with Gasteiger partial charge in [0.2, 0.25) is 0 Å². The lowest BCUT2D eigenvalue weighted by Gasteiger charge is -2.25. The molecule has 0 aliphatic heterocycles. The van der Waals surface area contributed by atoms with Gasteiger partial charge < -0.3 is 15.7 Å². The van der Waals surface area contributed by atoms with E-state index in [2.05, 4.69) is 34.7 Å². The first-order chi connectivity index (χ1) is 22.2. The second-order valence-corrected chi connectivity index (χ2v) is 12.1. The van der Waals surface area contributed by atoms with Crippen LogP contribution in [0, 0.1) is 11.6 Å². The first-order valence-corrected chi connectivity index (χ1v) is 16.0. The van der Waals surface area contributed by atoms with Crippen molar-refractivity contribution in [3.05, 3.63) is 136 Å². The van der Waals surface area contributed by atoms with Gasteiger partial charge in [-0.1, -0.05) is 55.5 Å². The summed E-state index contributed by atoms with van der Waals surface area (Å²) in [7, 11) is 0. The van der Waals surface area contributed by atoms with Crippen LogP contribution in [-0.4, -0.2) is 40.5 Å². The van der Waals surface area contributed by atoms with E-state index in [1.807, 2.05) is 35.7 Å². The first kappa shape index (κ1) is 32.8. The molecule has 3 N–H and O–H groups in total. The highest BCUT2D eigenvalue weighted by Gasteiger charge is 2.24. The summed E-state index contributed by atoms with van der Waals surface area (Å²) in [6.07, 6.45) is 1.47. The number of amides is 1. The molecule has 0 spiro atoms. The van der Waals surface area contributed by atoms with Crippen molar-refractivity contribution in [2.45, 2.75) is 45.4 Å². The number of aryl methyl sites for hydroxylation is 1. The molecule has 2 atom stereocenters. The van der Waals surface area contributed by atoms with Gasteiger partial charge in [0, 0.05) is 47.4 Å². The summed E-state index contributed by atoms with van der Waals surface area (Å²) in [5.74, 6) is -2.08. The van der Waals surface area contributed by atoms with Gasteiger partial charge in [-0.2, -0.15) is 0 Å². The van der Waals surface area contributed by atoms with Crippen molar-refractivity contribution in [3.63, 3.8) is 0 Å². The topological polar surface area (TPSA) is 91.3 Å². The smallest absolute Gasteiger partial charge is 0.251 e. The fourth-order valence-electron chi connectivity index (χ4n) is 5.43. The average Bonchev–Trinajstić information content (AvgIpc) is 3.59. The lowest BCUT2D eigenvalue weighted by atomic mass is 9.94. The molecule has 0 aliphatic carbocycles. The van der Waals surface area contributed by atoms with E-state index in [-0.39, 0.29) is 24.3 Å². The van der Waals surface area contributed by atoms with E-state index in [0.29, 0.717) is 39.4 Å². The minimum absolute atomic E-state index is 0.0131. The van der Waals surface area contributed by atoms with E-state index in [1.54, 1.807) is 30.5 Å². The van der Waals surface area contributed by atoms with Gasteiger partial charge in [0.15, 0.2) is 5.78 Å². The van der Waals surface area contributed by atoms with Gasteiger partial charge in [-0.15, -0.1) is 11.3 Å². The molecule has 46 heavy (non-hydrogen) atoms. The number of benzene rings is 4. The molecule has 0 saturated carbocycles. The summed E-state index contributed by atoms with van der Waals surface area (Å²) in [6, 6.07) is 22.9. The number of aliphatic hydroxyl groups excluding tert-OH is 1. The maximum atomic E-state index is 14.1. The second kappa shape index (κ2) is 15.1. The Kier molecular flexibility index (Phi) is 10.8. The highest BCUT2D eigenvalue weighted by molar-refractivity contribution is 7.13. The van der Waals surface area contributed by atoms with Gasteiger partial charge in [-0.3, -0.25) is 9.59 Å². The predicted octanol–water partition coefficient (Wildman–Crippen LogP) is 7.01. The Hall–Kier alpha value is -4.57. The summed E-state index contributed by atoms with van der Waals surface area (Å²) in [5.41, 5.74) is 5.37. The van der Waals surface area contributed by atoms with Crippen molar-refractivity contribution in [2.75, 3.05) is 6.54 Å². The normalized spacial score (nSPS) is 12.5. The number of carbonyl (C=O) groups excluding carboxylic acids is 2. The molecule has 1 aromatic heterocycles. The highest BCUT2D eigenvalue weighted by atomic mass is 32.1. The maximum absolute atomic E-state index is 14.1. The van der Waals surface area contributed by atoms with Gasteiger partial charge in [-0.25, -0.2) is 13.8 Å². The number of carbonyl (C=O) groups is 2. The number of rotatable bonds is 13. The largest absolute Gasteiger partial charge is 0.390 e. The van der Waals surface area contributed by atoms with E-state index >= 15 is 0 Å². The number of aromatic nitrogens is 1. The summed E-state index contributed by atoms with van der Waals surface area (Å²) >= 11 is 1.41. The minimum atomic E-state index is -1.09. The SMILES string of the molecule is CCc1cccc(CNC[C@@H](O)[C@H](Cc2cc(F)cc(F)c2)NC(=O)c2cc(-c3nccs3)cc(-c3ccccc3C(C)=O)c2)c1. The third-order valence-electron chi connectivity index (χ3n) is 7.73. The molecule has 9 heteroatoms. The molecule has 0 fully saturated rings. The zero-order valence-corrected chi connectivity index (χ0v) is 26.4. The lowest BCUT2D eigenvalue weighted by Crippen LogP contribution is -2.48. The van der Waals surface area contributed by atoms with Crippen LogP contribution in [0.4, 0.5) is 8.78 Å². The summed E-state index contributed by atoms with van der Waals surface area (Å²) < 4.78 is 28.2. The minimum Gasteiger partial charge on any atom is -0.390 e. The van der Waals surface area contributed by atoms with Crippen LogP contribution in [-0.2, 0) is 19.4 Å². The molecule has 0 unspecified atom stereocenters. The fourth-order valence-corrected chi connectivity index (χ4v) is 6.06. The Labute approximate surface area is 271 Å². The molecule has 236 valence electrons. The number of halogens is 2. The standard InChI is InChI=1S/C37H35F2N3O3S/c1-3-24-7-6-8-25(13-24)21-40-22-35(44)34(16-26-14-30(38)20-31(39)15-26)42-36(45)28-17-27(18-29(19-28)37-41-11-12-46-37)33-10-5-4-9-32(33)23(2)43/h4-15,17-20,34-35,40,44H,3,16,21-22H2,1-2H3,(H,42,45)/t34-,35+/m0/s1. The lowest BCUT2D eigenvalue weighted by molar-refractivity contribution is 0.0829. The molecule has 0 saturated heterocycles. The molecule has 4 aromatic carbocycles. The van der Waals surface area contributed by atoms with E-state index < -0.39 is 29.7 Å². The number of nitrogens with zero attached hydrogens (tertiary/aromatic N) is 1. The van der Waals surface area contributed by atoms with Gasteiger partial charge in [0.25, 0.3) is 5.91 Å². The molecule has 0 radical (unpaired) electrons. The van der Waals surface area contributed by atoms with Gasteiger partial charge in [0.1, 0.15) is 16.6 Å². The van der Waals surface area contributed by atoms with E-state index in [9.17, 15) is 23.5 Å². The molecule has 1 heterocycles. The van der Waals surface area contributed by atoms with Crippen molar-refractivity contribution in [1.82, 2.24) is 15.6 Å². The highest BCUT2D eigenvalue weighted by Crippen LogP contribution is 2.31.